The number of aliphatic imine (C=N–C) groups is 1. The van der Waals surface area contributed by atoms with E-state index in [4.69, 9.17) is 16.6 Å². The van der Waals surface area contributed by atoms with Gasteiger partial charge in [0.25, 0.3) is 0 Å². The lowest BCUT2D eigenvalue weighted by atomic mass is 9.93. The molecule has 26 heavy (non-hydrogen) atoms. The Morgan fingerprint density at radius 2 is 2.31 bits per heavy atom. The Kier molecular flexibility index (Phi) is 6.56. The lowest BCUT2D eigenvalue weighted by Crippen LogP contribution is -2.49. The summed E-state index contributed by atoms with van der Waals surface area (Å²) in [7, 11) is 0. The van der Waals surface area contributed by atoms with Gasteiger partial charge in [0.05, 0.1) is 12.4 Å². The topological polar surface area (TPSA) is 45.5 Å². The van der Waals surface area contributed by atoms with E-state index < -0.39 is 0 Å². The molecule has 2 heterocycles. The van der Waals surface area contributed by atoms with Gasteiger partial charge in [0.15, 0.2) is 5.96 Å². The quantitative estimate of drug-likeness (QED) is 0.643. The van der Waals surface area contributed by atoms with E-state index in [0.717, 1.165) is 50.0 Å². The Balaban J connectivity index is 1.66. The standard InChI is InChI=1S/C20H28ClN5/c1-3-23-20(24-9-7-17-5-4-6-18(21)13-17)25-11-8-16(2)19(14-25)26-12-10-22-15-26/h4-6,10,12-13,15-16,19H,3,7-9,11,14H2,1-2H3,(H,23,24). The van der Waals surface area contributed by atoms with Crippen LogP contribution in [0.4, 0.5) is 0 Å². The number of hydrogen-bond acceptors (Lipinski definition) is 2. The van der Waals surface area contributed by atoms with Gasteiger partial charge in [0.1, 0.15) is 0 Å². The highest BCUT2D eigenvalue weighted by atomic mass is 35.5. The lowest BCUT2D eigenvalue weighted by Gasteiger charge is -2.39. The first-order valence-corrected chi connectivity index (χ1v) is 9.80. The second-order valence-corrected chi connectivity index (χ2v) is 7.34. The first-order chi connectivity index (χ1) is 12.7. The highest BCUT2D eigenvalue weighted by molar-refractivity contribution is 6.30. The molecule has 140 valence electrons. The summed E-state index contributed by atoms with van der Waals surface area (Å²) < 4.78 is 2.23. The molecular weight excluding hydrogens is 346 g/mol. The van der Waals surface area contributed by atoms with Gasteiger partial charge in [0, 0.05) is 43.6 Å². The van der Waals surface area contributed by atoms with Gasteiger partial charge in [-0.25, -0.2) is 4.98 Å². The van der Waals surface area contributed by atoms with Gasteiger partial charge in [-0.05, 0) is 43.4 Å². The molecular formula is C20H28ClN5. The number of nitrogens with one attached hydrogen (secondary N) is 1. The Hall–Kier alpha value is -2.01. The minimum atomic E-state index is 0.433. The van der Waals surface area contributed by atoms with Gasteiger partial charge < -0.3 is 14.8 Å². The van der Waals surface area contributed by atoms with Crippen molar-refractivity contribution in [2.24, 2.45) is 10.9 Å². The highest BCUT2D eigenvalue weighted by Gasteiger charge is 2.28. The van der Waals surface area contributed by atoms with Crippen molar-refractivity contribution in [3.05, 3.63) is 53.6 Å². The van der Waals surface area contributed by atoms with Crippen LogP contribution in [0.25, 0.3) is 0 Å². The van der Waals surface area contributed by atoms with Gasteiger partial charge in [-0.1, -0.05) is 30.7 Å². The number of hydrogen-bond donors (Lipinski definition) is 1. The van der Waals surface area contributed by atoms with E-state index in [0.29, 0.717) is 12.0 Å². The molecule has 0 radical (unpaired) electrons. The fourth-order valence-corrected chi connectivity index (χ4v) is 3.72. The van der Waals surface area contributed by atoms with E-state index in [2.05, 4.69) is 45.9 Å². The van der Waals surface area contributed by atoms with Crippen LogP contribution in [0.15, 0.2) is 48.0 Å². The van der Waals surface area contributed by atoms with Crippen LogP contribution in [0.5, 0.6) is 0 Å². The average molecular weight is 374 g/mol. The Morgan fingerprint density at radius 1 is 1.42 bits per heavy atom. The molecule has 0 aliphatic carbocycles. The SMILES string of the molecule is CCNC(=NCCc1cccc(Cl)c1)N1CCC(C)C(n2ccnc2)C1. The zero-order valence-electron chi connectivity index (χ0n) is 15.6. The molecule has 2 atom stereocenters. The van der Waals surface area contributed by atoms with Gasteiger partial charge in [-0.2, -0.15) is 0 Å². The summed E-state index contributed by atoms with van der Waals surface area (Å²) in [5.41, 5.74) is 1.22. The smallest absolute Gasteiger partial charge is 0.193 e. The third kappa shape index (κ3) is 4.79. The summed E-state index contributed by atoms with van der Waals surface area (Å²) in [6.07, 6.45) is 7.89. The molecule has 1 aromatic heterocycles. The average Bonchev–Trinajstić information content (AvgIpc) is 3.16. The molecule has 2 unspecified atom stereocenters. The molecule has 0 saturated carbocycles. The van der Waals surface area contributed by atoms with Gasteiger partial charge in [-0.15, -0.1) is 0 Å². The second kappa shape index (κ2) is 9.08. The second-order valence-electron chi connectivity index (χ2n) is 6.90. The van der Waals surface area contributed by atoms with Crippen molar-refractivity contribution in [1.29, 1.82) is 0 Å². The molecule has 3 rings (SSSR count). The monoisotopic (exact) mass is 373 g/mol. The fraction of sp³-hybridized carbons (Fsp3) is 0.500. The number of benzene rings is 1. The normalized spacial score (nSPS) is 21.0. The molecule has 2 aromatic rings. The minimum absolute atomic E-state index is 0.433. The summed E-state index contributed by atoms with van der Waals surface area (Å²) in [5, 5.41) is 4.24. The molecule has 5 nitrogen and oxygen atoms in total. The highest BCUT2D eigenvalue weighted by Crippen LogP contribution is 2.27. The molecule has 0 spiro atoms. The van der Waals surface area contributed by atoms with Crippen molar-refractivity contribution in [2.75, 3.05) is 26.2 Å². The van der Waals surface area contributed by atoms with E-state index in [-0.39, 0.29) is 0 Å². The zero-order chi connectivity index (χ0) is 18.4. The van der Waals surface area contributed by atoms with E-state index in [1.165, 1.54) is 5.56 Å². The molecule has 0 bridgehead atoms. The first-order valence-electron chi connectivity index (χ1n) is 9.42. The van der Waals surface area contributed by atoms with Crippen molar-refractivity contribution in [2.45, 2.75) is 32.7 Å². The largest absolute Gasteiger partial charge is 0.357 e. The van der Waals surface area contributed by atoms with Crippen molar-refractivity contribution < 1.29 is 0 Å². The van der Waals surface area contributed by atoms with Crippen molar-refractivity contribution in [3.63, 3.8) is 0 Å². The summed E-state index contributed by atoms with van der Waals surface area (Å²) in [6, 6.07) is 8.45. The molecule has 1 fully saturated rings. The van der Waals surface area contributed by atoms with Crippen LogP contribution in [0, 0.1) is 5.92 Å². The number of rotatable bonds is 5. The molecule has 1 aliphatic heterocycles. The third-order valence-electron chi connectivity index (χ3n) is 5.01. The van der Waals surface area contributed by atoms with Crippen molar-refractivity contribution in [1.82, 2.24) is 19.8 Å². The molecule has 1 N–H and O–H groups in total. The first kappa shape index (κ1) is 18.8. The van der Waals surface area contributed by atoms with E-state index in [1.807, 2.05) is 30.7 Å². The number of aromatic nitrogens is 2. The Bertz CT molecular complexity index is 713. The number of piperidine rings is 1. The van der Waals surface area contributed by atoms with E-state index in [1.54, 1.807) is 0 Å². The van der Waals surface area contributed by atoms with E-state index in [9.17, 15) is 0 Å². The van der Waals surface area contributed by atoms with E-state index >= 15 is 0 Å². The number of halogens is 1. The maximum absolute atomic E-state index is 6.07. The van der Waals surface area contributed by atoms with Crippen LogP contribution >= 0.6 is 11.6 Å². The third-order valence-corrected chi connectivity index (χ3v) is 5.25. The van der Waals surface area contributed by atoms with Crippen LogP contribution in [-0.2, 0) is 6.42 Å². The number of guanidine groups is 1. The summed E-state index contributed by atoms with van der Waals surface area (Å²) in [5.74, 6) is 1.64. The maximum atomic E-state index is 6.07. The van der Waals surface area contributed by atoms with Gasteiger partial charge in [-0.3, -0.25) is 4.99 Å². The number of likely N-dealkylation sites (tertiary alicyclic amines) is 1. The molecule has 0 amide bonds. The van der Waals surface area contributed by atoms with Crippen LogP contribution in [-0.4, -0.2) is 46.6 Å². The predicted molar refractivity (Wildman–Crippen MR) is 108 cm³/mol. The Labute approximate surface area is 161 Å². The minimum Gasteiger partial charge on any atom is -0.357 e. The van der Waals surface area contributed by atoms with Crippen molar-refractivity contribution >= 4 is 17.6 Å². The number of nitrogens with zero attached hydrogens (tertiary/aromatic N) is 4. The van der Waals surface area contributed by atoms with Crippen LogP contribution in [0.3, 0.4) is 0 Å². The summed E-state index contributed by atoms with van der Waals surface area (Å²) in [6.45, 7) is 8.07. The molecule has 1 saturated heterocycles. The van der Waals surface area contributed by atoms with Crippen molar-refractivity contribution in [3.8, 4) is 0 Å². The summed E-state index contributed by atoms with van der Waals surface area (Å²) in [4.78, 5) is 11.5. The van der Waals surface area contributed by atoms with Gasteiger partial charge in [0.2, 0.25) is 0 Å². The summed E-state index contributed by atoms with van der Waals surface area (Å²) >= 11 is 6.07. The molecule has 1 aromatic carbocycles. The Morgan fingerprint density at radius 3 is 3.04 bits per heavy atom. The fourth-order valence-electron chi connectivity index (χ4n) is 3.50. The van der Waals surface area contributed by atoms with Crippen LogP contribution < -0.4 is 5.32 Å². The van der Waals surface area contributed by atoms with Gasteiger partial charge >= 0.3 is 0 Å². The zero-order valence-corrected chi connectivity index (χ0v) is 16.4. The predicted octanol–water partition coefficient (Wildman–Crippen LogP) is 3.63. The lowest BCUT2D eigenvalue weighted by molar-refractivity contribution is 0.189. The number of imidazole rings is 1. The van der Waals surface area contributed by atoms with Crippen LogP contribution in [0.1, 0.15) is 31.9 Å². The molecule has 1 aliphatic rings. The molecule has 6 heteroatoms. The van der Waals surface area contributed by atoms with Crippen LogP contribution in [0.2, 0.25) is 5.02 Å². The maximum Gasteiger partial charge on any atom is 0.193 e.